The van der Waals surface area contributed by atoms with Crippen LogP contribution in [-0.2, 0) is 15.9 Å². The number of rotatable bonds is 5. The molecule has 0 unspecified atom stereocenters. The molecular weight excluding hydrogens is 415 g/mol. The number of fused-ring (bicyclic) bond motifs is 1. The van der Waals surface area contributed by atoms with Crippen LogP contribution in [0, 0.1) is 11.7 Å². The van der Waals surface area contributed by atoms with E-state index in [0.29, 0.717) is 28.3 Å². The number of aromatic nitrogens is 1. The molecule has 1 fully saturated rings. The number of carbonyl (C=O) groups is 1. The summed E-state index contributed by atoms with van der Waals surface area (Å²) in [5.74, 6) is -0.0507. The van der Waals surface area contributed by atoms with Gasteiger partial charge < -0.3 is 25.0 Å². The van der Waals surface area contributed by atoms with Crippen molar-refractivity contribution in [3.05, 3.63) is 47.4 Å². The van der Waals surface area contributed by atoms with E-state index in [4.69, 9.17) is 9.47 Å². The molecule has 1 aromatic carbocycles. The molecule has 1 saturated carbocycles. The average molecular weight is 445 g/mol. The van der Waals surface area contributed by atoms with Crippen LogP contribution in [0.3, 0.4) is 0 Å². The molecular formula is C24H29FN2O5. The fourth-order valence-electron chi connectivity index (χ4n) is 4.02. The van der Waals surface area contributed by atoms with Gasteiger partial charge in [-0.1, -0.05) is 0 Å². The van der Waals surface area contributed by atoms with Crippen LogP contribution in [0.1, 0.15) is 51.8 Å². The third-order valence-electron chi connectivity index (χ3n) is 5.90. The number of carbonyl (C=O) groups excluding carboxylic acids is 1. The van der Waals surface area contributed by atoms with E-state index in [1.54, 1.807) is 45.9 Å². The Morgan fingerprint density at radius 2 is 1.97 bits per heavy atom. The zero-order valence-electron chi connectivity index (χ0n) is 18.7. The van der Waals surface area contributed by atoms with Gasteiger partial charge in [-0.25, -0.2) is 14.2 Å². The Morgan fingerprint density at radius 1 is 1.31 bits per heavy atom. The maximum Gasteiger partial charge on any atom is 0.408 e. The Hall–Kier alpha value is -2.71. The molecule has 0 spiro atoms. The van der Waals surface area contributed by atoms with Crippen molar-refractivity contribution in [2.75, 3.05) is 13.2 Å². The molecule has 0 bridgehead atoms. The summed E-state index contributed by atoms with van der Waals surface area (Å²) < 4.78 is 24.9. The van der Waals surface area contributed by atoms with E-state index < -0.39 is 29.4 Å². The van der Waals surface area contributed by atoms with Crippen molar-refractivity contribution in [2.24, 2.45) is 5.92 Å². The monoisotopic (exact) mass is 444 g/mol. The van der Waals surface area contributed by atoms with Gasteiger partial charge in [0.05, 0.1) is 12.3 Å². The van der Waals surface area contributed by atoms with E-state index in [-0.39, 0.29) is 18.3 Å². The molecule has 4 rings (SSSR count). The van der Waals surface area contributed by atoms with Crippen LogP contribution in [0.4, 0.5) is 9.18 Å². The fraction of sp³-hybridized carbons (Fsp3) is 0.500. The summed E-state index contributed by atoms with van der Waals surface area (Å²) in [7, 11) is 0. The van der Waals surface area contributed by atoms with E-state index in [2.05, 4.69) is 10.3 Å². The Bertz CT molecular complexity index is 1030. The Kier molecular flexibility index (Phi) is 5.41. The summed E-state index contributed by atoms with van der Waals surface area (Å²) in [6.45, 7) is 6.78. The molecule has 1 aromatic heterocycles. The van der Waals surface area contributed by atoms with E-state index in [0.717, 1.165) is 12.8 Å². The molecule has 2 atom stereocenters. The smallest absolute Gasteiger partial charge is 0.408 e. The third kappa shape index (κ3) is 4.17. The number of alkyl carbamates (subject to hydrolysis) is 1. The minimum Gasteiger partial charge on any atom is -0.488 e. The van der Waals surface area contributed by atoms with Crippen molar-refractivity contribution in [3.8, 4) is 17.0 Å². The zero-order chi connectivity index (χ0) is 23.3. The van der Waals surface area contributed by atoms with Gasteiger partial charge in [-0.05, 0) is 76.8 Å². The molecule has 3 N–H and O–H groups in total. The van der Waals surface area contributed by atoms with Crippen LogP contribution in [0.25, 0.3) is 11.3 Å². The van der Waals surface area contributed by atoms with Gasteiger partial charge >= 0.3 is 6.09 Å². The second-order valence-electron chi connectivity index (χ2n) is 9.84. The van der Waals surface area contributed by atoms with Gasteiger partial charge in [-0.15, -0.1) is 0 Å². The third-order valence-corrected chi connectivity index (χ3v) is 5.90. The number of aliphatic hydroxyl groups excluding tert-OH is 1. The van der Waals surface area contributed by atoms with Gasteiger partial charge in [0.25, 0.3) is 0 Å². The van der Waals surface area contributed by atoms with Gasteiger partial charge in [-0.3, -0.25) is 0 Å². The van der Waals surface area contributed by atoms with Gasteiger partial charge in [0.15, 0.2) is 5.75 Å². The van der Waals surface area contributed by atoms with Crippen LogP contribution in [0.2, 0.25) is 0 Å². The number of pyridine rings is 1. The zero-order valence-corrected chi connectivity index (χ0v) is 18.7. The lowest BCUT2D eigenvalue weighted by atomic mass is 9.87. The van der Waals surface area contributed by atoms with Crippen molar-refractivity contribution in [1.82, 2.24) is 10.3 Å². The number of ether oxygens (including phenoxy) is 2. The molecule has 8 heteroatoms. The molecule has 2 aliphatic rings. The molecule has 2 aromatic rings. The average Bonchev–Trinajstić information content (AvgIpc) is 3.51. The summed E-state index contributed by atoms with van der Waals surface area (Å²) in [6, 6.07) is 7.49. The first kappa shape index (κ1) is 22.5. The summed E-state index contributed by atoms with van der Waals surface area (Å²) in [6.07, 6.45) is 0.967. The number of nitrogens with one attached hydrogen (secondary N) is 1. The first-order valence-corrected chi connectivity index (χ1v) is 10.7. The number of aliphatic hydroxyl groups is 2. The second-order valence-corrected chi connectivity index (χ2v) is 9.84. The number of halogens is 1. The minimum atomic E-state index is -1.51. The van der Waals surface area contributed by atoms with E-state index >= 15 is 0 Å². The van der Waals surface area contributed by atoms with Crippen LogP contribution in [0.15, 0.2) is 30.3 Å². The maximum atomic E-state index is 13.5. The highest BCUT2D eigenvalue weighted by Crippen LogP contribution is 2.49. The van der Waals surface area contributed by atoms with Crippen molar-refractivity contribution in [3.63, 3.8) is 0 Å². The lowest BCUT2D eigenvalue weighted by molar-refractivity contribution is -0.0418. The lowest BCUT2D eigenvalue weighted by Crippen LogP contribution is -2.47. The molecule has 2 heterocycles. The Morgan fingerprint density at radius 3 is 2.53 bits per heavy atom. The quantitative estimate of drug-likeness (QED) is 0.651. The predicted octanol–water partition coefficient (Wildman–Crippen LogP) is 3.61. The maximum absolute atomic E-state index is 13.5. The molecule has 1 amide bonds. The SMILES string of the molecule is CC(C)(C)OC(=O)N[C@@]1(C)COc2c1cc([C@@](O)(CO)C1CC1)nc2-c1ccc(F)cc1. The van der Waals surface area contributed by atoms with Gasteiger partial charge in [-0.2, -0.15) is 0 Å². The number of benzene rings is 1. The highest BCUT2D eigenvalue weighted by molar-refractivity contribution is 5.74. The van der Waals surface area contributed by atoms with E-state index in [9.17, 15) is 19.4 Å². The molecule has 172 valence electrons. The first-order valence-electron chi connectivity index (χ1n) is 10.7. The van der Waals surface area contributed by atoms with Crippen molar-refractivity contribution in [2.45, 2.75) is 57.3 Å². The highest BCUT2D eigenvalue weighted by Gasteiger charge is 2.48. The molecule has 32 heavy (non-hydrogen) atoms. The fourth-order valence-corrected chi connectivity index (χ4v) is 4.02. The second kappa shape index (κ2) is 7.71. The minimum absolute atomic E-state index is 0.105. The van der Waals surface area contributed by atoms with Crippen LogP contribution in [0.5, 0.6) is 5.75 Å². The van der Waals surface area contributed by atoms with E-state index in [1.807, 2.05) is 0 Å². The summed E-state index contributed by atoms with van der Waals surface area (Å²) >= 11 is 0. The number of amides is 1. The van der Waals surface area contributed by atoms with Gasteiger partial charge in [0.2, 0.25) is 0 Å². The molecule has 7 nitrogen and oxygen atoms in total. The van der Waals surface area contributed by atoms with Crippen LogP contribution >= 0.6 is 0 Å². The summed E-state index contributed by atoms with van der Waals surface area (Å²) in [5, 5.41) is 24.2. The van der Waals surface area contributed by atoms with Gasteiger partial charge in [0.1, 0.15) is 34.9 Å². The van der Waals surface area contributed by atoms with Crippen molar-refractivity contribution in [1.29, 1.82) is 0 Å². The summed E-state index contributed by atoms with van der Waals surface area (Å²) in [5.41, 5.74) is -1.22. The summed E-state index contributed by atoms with van der Waals surface area (Å²) in [4.78, 5) is 17.2. The van der Waals surface area contributed by atoms with Crippen LogP contribution < -0.4 is 10.1 Å². The normalized spacial score (nSPS) is 22.0. The largest absolute Gasteiger partial charge is 0.488 e. The Labute approximate surface area is 186 Å². The molecule has 0 saturated heterocycles. The molecule has 1 aliphatic carbocycles. The standard InChI is InChI=1S/C24H29FN2O5/c1-22(2,3)32-21(29)27-23(4)13-31-20-17(23)11-18(24(30,12-28)15-7-8-15)26-19(20)14-5-9-16(25)10-6-14/h5-6,9-11,15,28,30H,7-8,12-13H2,1-4H3,(H,27,29)/t23-,24+/m0/s1. The predicted molar refractivity (Wildman–Crippen MR) is 116 cm³/mol. The van der Waals surface area contributed by atoms with E-state index in [1.165, 1.54) is 12.1 Å². The van der Waals surface area contributed by atoms with Crippen molar-refractivity contribution >= 4 is 6.09 Å². The molecule has 0 radical (unpaired) electrons. The molecule has 1 aliphatic heterocycles. The number of hydrogen-bond donors (Lipinski definition) is 3. The van der Waals surface area contributed by atoms with Crippen LogP contribution in [-0.4, -0.2) is 40.1 Å². The Balaban J connectivity index is 1.82. The number of nitrogens with zero attached hydrogens (tertiary/aromatic N) is 1. The highest BCUT2D eigenvalue weighted by atomic mass is 19.1. The topological polar surface area (TPSA) is 101 Å². The number of hydrogen-bond acceptors (Lipinski definition) is 6. The first-order chi connectivity index (χ1) is 14.9. The lowest BCUT2D eigenvalue weighted by Gasteiger charge is -2.30. The van der Waals surface area contributed by atoms with Gasteiger partial charge in [0, 0.05) is 11.1 Å². The van der Waals surface area contributed by atoms with Crippen molar-refractivity contribution < 1.29 is 28.9 Å².